The summed E-state index contributed by atoms with van der Waals surface area (Å²) in [5.41, 5.74) is 7.18. The lowest BCUT2D eigenvalue weighted by molar-refractivity contribution is -0.0227. The lowest BCUT2D eigenvalue weighted by atomic mass is 9.69. The van der Waals surface area contributed by atoms with Crippen LogP contribution in [-0.2, 0) is 4.74 Å². The smallest absolute Gasteiger partial charge is 0.139 e. The predicted octanol–water partition coefficient (Wildman–Crippen LogP) is 1.11. The van der Waals surface area contributed by atoms with Crippen LogP contribution in [0.5, 0.6) is 0 Å². The zero-order chi connectivity index (χ0) is 17.6. The van der Waals surface area contributed by atoms with Gasteiger partial charge < -0.3 is 25.6 Å². The summed E-state index contributed by atoms with van der Waals surface area (Å²) in [7, 11) is 0. The van der Waals surface area contributed by atoms with Crippen molar-refractivity contribution in [3.8, 4) is 0 Å². The number of aliphatic hydroxyl groups excluding tert-OH is 2. The first-order valence-corrected chi connectivity index (χ1v) is 8.58. The molecule has 4 N–H and O–H groups in total. The number of aliphatic hydroxyl groups is 2. The molecule has 1 aromatic rings. The number of rotatable bonds is 4. The quantitative estimate of drug-likeness (QED) is 0.756. The van der Waals surface area contributed by atoms with E-state index < -0.39 is 12.2 Å². The Balaban J connectivity index is 1.97. The van der Waals surface area contributed by atoms with E-state index in [0.29, 0.717) is 18.2 Å². The number of aromatic nitrogens is 2. The zero-order valence-corrected chi connectivity index (χ0v) is 14.8. The number of ether oxygens (including phenoxy) is 1. The van der Waals surface area contributed by atoms with Crippen LogP contribution in [0.4, 0.5) is 11.6 Å². The third kappa shape index (κ3) is 2.64. The maximum absolute atomic E-state index is 10.1. The van der Waals surface area contributed by atoms with E-state index in [9.17, 15) is 10.2 Å². The molecule has 0 aromatic carbocycles. The Labute approximate surface area is 142 Å². The normalized spacial score (nSPS) is 30.2. The summed E-state index contributed by atoms with van der Waals surface area (Å²) in [4.78, 5) is 10.7. The Hall–Kier alpha value is -1.44. The van der Waals surface area contributed by atoms with Crippen LogP contribution in [0.2, 0.25) is 0 Å². The van der Waals surface area contributed by atoms with Crippen molar-refractivity contribution in [3.63, 3.8) is 0 Å². The fourth-order valence-electron chi connectivity index (χ4n) is 3.67. The SMILES string of the molecule is CC(C)C(C)(C)C1CN(C2CC(O)C(CO)O2)c2ncnc(N)c21. The Morgan fingerprint density at radius 1 is 1.42 bits per heavy atom. The number of anilines is 2. The number of hydrogen-bond acceptors (Lipinski definition) is 7. The molecule has 3 rings (SSSR count). The van der Waals surface area contributed by atoms with E-state index in [1.807, 2.05) is 0 Å². The van der Waals surface area contributed by atoms with Crippen LogP contribution in [-0.4, -0.2) is 51.8 Å². The molecule has 0 bridgehead atoms. The van der Waals surface area contributed by atoms with Crippen LogP contribution < -0.4 is 10.6 Å². The minimum Gasteiger partial charge on any atom is -0.394 e. The molecular formula is C17H28N4O3. The van der Waals surface area contributed by atoms with Gasteiger partial charge in [0.2, 0.25) is 0 Å². The number of hydrogen-bond donors (Lipinski definition) is 3. The van der Waals surface area contributed by atoms with Crippen molar-refractivity contribution in [3.05, 3.63) is 11.9 Å². The van der Waals surface area contributed by atoms with Gasteiger partial charge in [0.1, 0.15) is 30.3 Å². The van der Waals surface area contributed by atoms with E-state index in [0.717, 1.165) is 17.9 Å². The van der Waals surface area contributed by atoms with Gasteiger partial charge in [0.25, 0.3) is 0 Å². The van der Waals surface area contributed by atoms with Gasteiger partial charge >= 0.3 is 0 Å². The fourth-order valence-corrected chi connectivity index (χ4v) is 3.67. The molecule has 7 heteroatoms. The molecule has 0 spiro atoms. The second-order valence-corrected chi connectivity index (χ2v) is 7.79. The molecule has 1 saturated heterocycles. The lowest BCUT2D eigenvalue weighted by Crippen LogP contribution is -2.38. The summed E-state index contributed by atoms with van der Waals surface area (Å²) in [5.74, 6) is 1.94. The van der Waals surface area contributed by atoms with Crippen molar-refractivity contribution in [1.29, 1.82) is 0 Å². The summed E-state index contributed by atoms with van der Waals surface area (Å²) < 4.78 is 5.85. The molecule has 1 fully saturated rings. The maximum atomic E-state index is 10.1. The van der Waals surface area contributed by atoms with E-state index in [4.69, 9.17) is 10.5 Å². The van der Waals surface area contributed by atoms with Gasteiger partial charge in [-0.15, -0.1) is 0 Å². The number of nitrogens with zero attached hydrogens (tertiary/aromatic N) is 3. The molecule has 2 aliphatic heterocycles. The highest BCUT2D eigenvalue weighted by atomic mass is 16.5. The van der Waals surface area contributed by atoms with Crippen LogP contribution in [0.15, 0.2) is 6.33 Å². The number of fused-ring (bicyclic) bond motifs is 1. The van der Waals surface area contributed by atoms with Crippen molar-refractivity contribution >= 4 is 11.6 Å². The molecule has 134 valence electrons. The van der Waals surface area contributed by atoms with Crippen molar-refractivity contribution in [2.24, 2.45) is 11.3 Å². The van der Waals surface area contributed by atoms with Gasteiger partial charge in [-0.3, -0.25) is 0 Å². The van der Waals surface area contributed by atoms with E-state index in [2.05, 4.69) is 42.6 Å². The van der Waals surface area contributed by atoms with Gasteiger partial charge in [0, 0.05) is 24.4 Å². The summed E-state index contributed by atoms with van der Waals surface area (Å²) in [6, 6.07) is 0. The first kappa shape index (κ1) is 17.4. The molecule has 4 unspecified atom stereocenters. The van der Waals surface area contributed by atoms with Gasteiger partial charge in [-0.25, -0.2) is 9.97 Å². The molecule has 24 heavy (non-hydrogen) atoms. The highest BCUT2D eigenvalue weighted by molar-refractivity contribution is 5.64. The van der Waals surface area contributed by atoms with E-state index >= 15 is 0 Å². The van der Waals surface area contributed by atoms with Crippen LogP contribution in [0.3, 0.4) is 0 Å². The average Bonchev–Trinajstić information content (AvgIpc) is 3.08. The largest absolute Gasteiger partial charge is 0.394 e. The summed E-state index contributed by atoms with van der Waals surface area (Å²) in [5, 5.41) is 19.4. The zero-order valence-electron chi connectivity index (χ0n) is 14.8. The van der Waals surface area contributed by atoms with Crippen LogP contribution in [0.1, 0.15) is 45.6 Å². The first-order chi connectivity index (χ1) is 11.3. The van der Waals surface area contributed by atoms with E-state index in [1.165, 1.54) is 6.33 Å². The summed E-state index contributed by atoms with van der Waals surface area (Å²) in [6.07, 6.45) is 0.400. The molecule has 1 aromatic heterocycles. The van der Waals surface area contributed by atoms with Crippen molar-refractivity contribution < 1.29 is 14.9 Å². The standard InChI is InChI=1S/C17H28N4O3/c1-9(2)17(3,4)10-6-21(13-5-11(23)12(7-22)24-13)16-14(10)15(18)19-8-20-16/h8-13,22-23H,5-7H2,1-4H3,(H2,18,19,20). The van der Waals surface area contributed by atoms with Crippen LogP contribution in [0.25, 0.3) is 0 Å². The van der Waals surface area contributed by atoms with Gasteiger partial charge in [-0.05, 0) is 11.3 Å². The van der Waals surface area contributed by atoms with Crippen LogP contribution in [0, 0.1) is 11.3 Å². The van der Waals surface area contributed by atoms with Gasteiger partial charge in [0.15, 0.2) is 0 Å². The number of nitrogens with two attached hydrogens (primary N) is 1. The Morgan fingerprint density at radius 3 is 2.71 bits per heavy atom. The molecule has 2 aliphatic rings. The monoisotopic (exact) mass is 336 g/mol. The molecule has 0 amide bonds. The Bertz CT molecular complexity index is 607. The minimum absolute atomic E-state index is 0.00985. The average molecular weight is 336 g/mol. The van der Waals surface area contributed by atoms with Gasteiger partial charge in [-0.2, -0.15) is 0 Å². The van der Waals surface area contributed by atoms with E-state index in [-0.39, 0.29) is 24.2 Å². The molecule has 3 heterocycles. The summed E-state index contributed by atoms with van der Waals surface area (Å²) >= 11 is 0. The summed E-state index contributed by atoms with van der Waals surface area (Å²) in [6.45, 7) is 9.43. The lowest BCUT2D eigenvalue weighted by Gasteiger charge is -2.36. The Kier molecular flexibility index (Phi) is 4.44. The van der Waals surface area contributed by atoms with Crippen LogP contribution >= 0.6 is 0 Å². The second kappa shape index (κ2) is 6.13. The van der Waals surface area contributed by atoms with Crippen molar-refractivity contribution in [2.75, 3.05) is 23.8 Å². The van der Waals surface area contributed by atoms with Crippen molar-refractivity contribution in [2.45, 2.75) is 58.5 Å². The first-order valence-electron chi connectivity index (χ1n) is 8.58. The third-order valence-electron chi connectivity index (χ3n) is 6.01. The second-order valence-electron chi connectivity index (χ2n) is 7.79. The maximum Gasteiger partial charge on any atom is 0.139 e. The highest BCUT2D eigenvalue weighted by Gasteiger charge is 2.47. The molecule has 4 atom stereocenters. The fraction of sp³-hybridized carbons (Fsp3) is 0.765. The predicted molar refractivity (Wildman–Crippen MR) is 91.5 cm³/mol. The third-order valence-corrected chi connectivity index (χ3v) is 6.01. The van der Waals surface area contributed by atoms with Gasteiger partial charge in [-0.1, -0.05) is 27.7 Å². The topological polar surface area (TPSA) is 105 Å². The van der Waals surface area contributed by atoms with Gasteiger partial charge in [0.05, 0.1) is 12.7 Å². The molecule has 0 aliphatic carbocycles. The molecule has 0 radical (unpaired) electrons. The number of nitrogen functional groups attached to an aromatic ring is 1. The molecule has 0 saturated carbocycles. The molecular weight excluding hydrogens is 308 g/mol. The molecule has 7 nitrogen and oxygen atoms in total. The van der Waals surface area contributed by atoms with E-state index in [1.54, 1.807) is 0 Å². The Morgan fingerprint density at radius 2 is 2.12 bits per heavy atom. The minimum atomic E-state index is -0.667. The van der Waals surface area contributed by atoms with Crippen molar-refractivity contribution in [1.82, 2.24) is 9.97 Å². The highest BCUT2D eigenvalue weighted by Crippen LogP contribution is 2.51.